The summed E-state index contributed by atoms with van der Waals surface area (Å²) in [5, 5.41) is 6.48. The van der Waals surface area contributed by atoms with Gasteiger partial charge in [-0.3, -0.25) is 33.1 Å². The van der Waals surface area contributed by atoms with Gasteiger partial charge >= 0.3 is 0 Å². The van der Waals surface area contributed by atoms with E-state index in [0.29, 0.717) is 40.3 Å². The average Bonchev–Trinajstić information content (AvgIpc) is 1.64. The minimum atomic E-state index is -0.00618. The number of anilines is 2. The lowest BCUT2D eigenvalue weighted by Gasteiger charge is -2.23. The summed E-state index contributed by atoms with van der Waals surface area (Å²) in [4.78, 5) is 103. The van der Waals surface area contributed by atoms with E-state index in [1.165, 1.54) is 161 Å². The number of aromatic nitrogens is 15. The Bertz CT molecular complexity index is 4310. The molecule has 5 aliphatic carbocycles. The monoisotopic (exact) mass is 1400 g/mol. The molecule has 0 atom stereocenters. The predicted molar refractivity (Wildman–Crippen MR) is 408 cm³/mol. The molecular formula is C81H109N17O5. The molecule has 0 saturated heterocycles. The second-order valence-corrected chi connectivity index (χ2v) is 29.7. The van der Waals surface area contributed by atoms with E-state index in [2.05, 4.69) is 90.2 Å². The van der Waals surface area contributed by atoms with Gasteiger partial charge in [-0.1, -0.05) is 96.3 Å². The Labute approximate surface area is 606 Å². The second kappa shape index (κ2) is 35.5. The van der Waals surface area contributed by atoms with Crippen LogP contribution in [0.2, 0.25) is 0 Å². The van der Waals surface area contributed by atoms with Crippen molar-refractivity contribution < 1.29 is 24.0 Å². The number of carbonyl (C=O) groups excluding carboxylic acids is 5. The first-order valence-corrected chi connectivity index (χ1v) is 38.5. The molecule has 0 spiro atoms. The minimum Gasteiger partial charge on any atom is -0.359 e. The number of rotatable bonds is 18. The van der Waals surface area contributed by atoms with Crippen molar-refractivity contribution in [2.24, 2.45) is 29.6 Å². The van der Waals surface area contributed by atoms with Crippen LogP contribution >= 0.6 is 0 Å². The Kier molecular flexibility index (Phi) is 25.9. The van der Waals surface area contributed by atoms with Crippen LogP contribution in [-0.4, -0.2) is 115 Å². The number of nitrogens with zero attached hydrogens (tertiary/aromatic N) is 15. The van der Waals surface area contributed by atoms with Gasteiger partial charge in [-0.2, -0.15) is 0 Å². The average molecular weight is 1400 g/mol. The van der Waals surface area contributed by atoms with Crippen molar-refractivity contribution >= 4 is 96.6 Å². The normalized spacial score (nSPS) is 16.5. The summed E-state index contributed by atoms with van der Waals surface area (Å²) < 4.78 is 10.9. The molecule has 548 valence electrons. The molecule has 10 aromatic heterocycles. The van der Waals surface area contributed by atoms with Crippen LogP contribution < -0.4 is 10.6 Å². The van der Waals surface area contributed by atoms with E-state index >= 15 is 0 Å². The summed E-state index contributed by atoms with van der Waals surface area (Å²) in [6.07, 6.45) is 33.0. The zero-order chi connectivity index (χ0) is 72.7. The lowest BCUT2D eigenvalue weighted by Crippen LogP contribution is -2.17. The number of pyridine rings is 5. The molecule has 0 amide bonds. The molecule has 0 aromatic carbocycles. The third-order valence-corrected chi connectivity index (χ3v) is 21.7. The number of fused-ring (bicyclic) bond motifs is 5. The van der Waals surface area contributed by atoms with E-state index in [1.807, 2.05) is 58.2 Å². The maximum atomic E-state index is 11.6. The van der Waals surface area contributed by atoms with E-state index in [0.717, 1.165) is 142 Å². The van der Waals surface area contributed by atoms with Crippen LogP contribution in [0.3, 0.4) is 0 Å². The van der Waals surface area contributed by atoms with E-state index in [-0.39, 0.29) is 28.9 Å². The van der Waals surface area contributed by atoms with Gasteiger partial charge in [-0.15, -0.1) is 0 Å². The van der Waals surface area contributed by atoms with Crippen molar-refractivity contribution in [3.05, 3.63) is 107 Å². The zero-order valence-corrected chi connectivity index (χ0v) is 62.8. The third-order valence-electron chi connectivity index (χ3n) is 21.7. The van der Waals surface area contributed by atoms with Crippen LogP contribution in [0.15, 0.2) is 60.7 Å². The van der Waals surface area contributed by atoms with E-state index in [1.54, 1.807) is 65.0 Å². The molecule has 0 aliphatic heterocycles. The molecule has 5 fully saturated rings. The number of aryl methyl sites for hydroxylation is 3. The van der Waals surface area contributed by atoms with Gasteiger partial charge in [0.15, 0.2) is 57.2 Å². The summed E-state index contributed by atoms with van der Waals surface area (Å²) in [6, 6.07) is 18.3. The fourth-order valence-corrected chi connectivity index (χ4v) is 16.0. The highest BCUT2D eigenvalue weighted by Gasteiger charge is 2.25. The standard InChI is InChI=1S/C17H24N4O.C16H22N4O.3C16H21N3O/c1-3-18-17-20-15-10-9-14(12(2)22)19-16(15)21(17)11-13-7-5-4-6-8-13;1-11(21)13-8-9-14-15(18-13)20(16(17-2)19-14)10-12-6-4-3-5-7-12;3*1-11(20)14-8-9-15-16(18-14)19(12(2)17-15)10-13-6-4-3-5-7-13/h9-10,13H,3-8,11H2,1-2H3,(H,18,20);8-9,12H,3-7,10H2,1-2H3,(H,17,19);3*8-9,13H,3-7,10H2,1-2H3. The lowest BCUT2D eigenvalue weighted by molar-refractivity contribution is 0.100. The summed E-state index contributed by atoms with van der Waals surface area (Å²) in [6.45, 7) is 21.6. The number of hydrogen-bond acceptors (Lipinski definition) is 17. The molecule has 0 radical (unpaired) electrons. The van der Waals surface area contributed by atoms with Gasteiger partial charge in [0.1, 0.15) is 73.5 Å². The van der Waals surface area contributed by atoms with Gasteiger partial charge in [0.2, 0.25) is 11.9 Å². The van der Waals surface area contributed by atoms with Crippen LogP contribution in [0.25, 0.3) is 55.8 Å². The molecule has 22 nitrogen and oxygen atoms in total. The maximum absolute atomic E-state index is 11.6. The molecule has 103 heavy (non-hydrogen) atoms. The summed E-state index contributed by atoms with van der Waals surface area (Å²) in [5.74, 6) is 8.27. The summed E-state index contributed by atoms with van der Waals surface area (Å²) >= 11 is 0. The number of imidazole rings is 5. The fraction of sp³-hybridized carbons (Fsp3) is 0.568. The van der Waals surface area contributed by atoms with Crippen LogP contribution in [0, 0.1) is 50.4 Å². The van der Waals surface area contributed by atoms with Gasteiger partial charge in [0, 0.05) is 80.9 Å². The van der Waals surface area contributed by atoms with Crippen LogP contribution in [0.4, 0.5) is 11.9 Å². The Morgan fingerprint density at radius 1 is 0.311 bits per heavy atom. The molecule has 0 bridgehead atoms. The second-order valence-electron chi connectivity index (χ2n) is 29.7. The van der Waals surface area contributed by atoms with Gasteiger partial charge in [-0.25, -0.2) is 49.8 Å². The molecule has 15 rings (SSSR count). The first-order valence-electron chi connectivity index (χ1n) is 38.5. The topological polar surface area (TPSA) is 263 Å². The van der Waals surface area contributed by atoms with Gasteiger partial charge in [0.05, 0.1) is 0 Å². The lowest BCUT2D eigenvalue weighted by atomic mass is 9.89. The van der Waals surface area contributed by atoms with E-state index in [9.17, 15) is 24.0 Å². The van der Waals surface area contributed by atoms with Crippen molar-refractivity contribution in [2.75, 3.05) is 24.2 Å². The summed E-state index contributed by atoms with van der Waals surface area (Å²) in [5.41, 5.74) is 11.2. The quantitative estimate of drug-likeness (QED) is 0.0756. The molecule has 2 N–H and O–H groups in total. The van der Waals surface area contributed by atoms with Gasteiger partial charge in [-0.05, 0) is 182 Å². The minimum absolute atomic E-state index is 0.00248. The highest BCUT2D eigenvalue weighted by Crippen LogP contribution is 2.33. The van der Waals surface area contributed by atoms with E-state index in [4.69, 9.17) is 0 Å². The fourth-order valence-electron chi connectivity index (χ4n) is 16.0. The zero-order valence-electron chi connectivity index (χ0n) is 62.8. The molecule has 22 heteroatoms. The Morgan fingerprint density at radius 3 is 0.757 bits per heavy atom. The number of ketones is 5. The molecule has 0 unspecified atom stereocenters. The van der Waals surface area contributed by atoms with Crippen molar-refractivity contribution in [1.29, 1.82) is 0 Å². The maximum Gasteiger partial charge on any atom is 0.205 e. The van der Waals surface area contributed by atoms with Crippen LogP contribution in [0.1, 0.15) is 272 Å². The molecular weight excluding hydrogens is 1290 g/mol. The predicted octanol–water partition coefficient (Wildman–Crippen LogP) is 17.5. The first kappa shape index (κ1) is 75.2. The van der Waals surface area contributed by atoms with Crippen molar-refractivity contribution in [3.8, 4) is 0 Å². The number of hydrogen-bond donors (Lipinski definition) is 2. The number of nitrogens with one attached hydrogen (secondary N) is 2. The van der Waals surface area contributed by atoms with Crippen molar-refractivity contribution in [3.63, 3.8) is 0 Å². The third kappa shape index (κ3) is 19.1. The Balaban J connectivity index is 0.000000129. The van der Waals surface area contributed by atoms with E-state index < -0.39 is 0 Å². The summed E-state index contributed by atoms with van der Waals surface area (Å²) in [7, 11) is 1.88. The van der Waals surface area contributed by atoms with Crippen molar-refractivity contribution in [1.82, 2.24) is 72.7 Å². The van der Waals surface area contributed by atoms with Gasteiger partial charge < -0.3 is 24.3 Å². The molecule has 5 saturated carbocycles. The van der Waals surface area contributed by atoms with Crippen molar-refractivity contribution in [2.45, 2.75) is 256 Å². The Morgan fingerprint density at radius 2 is 0.524 bits per heavy atom. The van der Waals surface area contributed by atoms with Crippen LogP contribution in [0.5, 0.6) is 0 Å². The SMILES string of the molecule is CC(=O)c1ccc2nc(C)n(CC3CCCCC3)c2n1.CC(=O)c1ccc2nc(C)n(CC3CCCCC3)c2n1.CC(=O)c1ccc2nc(C)n(CC3CCCCC3)c2n1.CCNc1nc2ccc(C(C)=O)nc2n1CC1CCCCC1.CNc1nc2ccc(C(C)=O)nc2n1CC1CCCCC1. The number of Topliss-reactive ketones (excluding diaryl/α,β-unsaturated/α-hetero) is 5. The first-order chi connectivity index (χ1) is 49.8. The largest absolute Gasteiger partial charge is 0.359 e. The molecule has 5 aliphatic rings. The molecule has 10 aromatic rings. The highest BCUT2D eigenvalue weighted by atomic mass is 16.1. The molecule has 10 heterocycles. The smallest absolute Gasteiger partial charge is 0.205 e. The Hall–Kier alpha value is -8.95. The van der Waals surface area contributed by atoms with Crippen LogP contribution in [-0.2, 0) is 32.7 Å². The highest BCUT2D eigenvalue weighted by molar-refractivity contribution is 5.96. The number of carbonyl (C=O) groups is 5. The van der Waals surface area contributed by atoms with Gasteiger partial charge in [0.25, 0.3) is 0 Å².